The second-order valence-corrected chi connectivity index (χ2v) is 6.03. The zero-order chi connectivity index (χ0) is 14.8. The second kappa shape index (κ2) is 5.67. The van der Waals surface area contributed by atoms with Crippen molar-refractivity contribution in [1.82, 2.24) is 9.97 Å². The maximum atomic E-state index is 5.45. The molecule has 0 aliphatic carbocycles. The molecule has 0 radical (unpaired) electrons. The summed E-state index contributed by atoms with van der Waals surface area (Å²) in [6, 6.07) is 10.4. The van der Waals surface area contributed by atoms with Crippen LogP contribution in [0, 0.1) is 6.92 Å². The van der Waals surface area contributed by atoms with Gasteiger partial charge in [0.25, 0.3) is 0 Å². The van der Waals surface area contributed by atoms with E-state index in [-0.39, 0.29) is 0 Å². The van der Waals surface area contributed by atoms with Crippen LogP contribution in [0.25, 0.3) is 10.2 Å². The van der Waals surface area contributed by atoms with Gasteiger partial charge in [0.15, 0.2) is 0 Å². The first-order valence-corrected chi connectivity index (χ1v) is 7.62. The Morgan fingerprint density at radius 3 is 2.62 bits per heavy atom. The predicted octanol–water partition coefficient (Wildman–Crippen LogP) is 3.59. The standard InChI is InChI=1S/C15H17N5S/c1-3-10-4-6-11(7-5-10)17-13-12-8-9(2)21-14(12)19-15(18-13)20-16/h4-8H,3,16H2,1-2H3,(H2,17,18,19,20). The maximum absolute atomic E-state index is 5.45. The van der Waals surface area contributed by atoms with E-state index >= 15 is 0 Å². The van der Waals surface area contributed by atoms with Gasteiger partial charge in [0.2, 0.25) is 5.95 Å². The zero-order valence-electron chi connectivity index (χ0n) is 12.0. The van der Waals surface area contributed by atoms with Crippen molar-refractivity contribution in [3.05, 3.63) is 40.8 Å². The van der Waals surface area contributed by atoms with Crippen molar-refractivity contribution in [2.75, 3.05) is 10.7 Å². The third-order valence-electron chi connectivity index (χ3n) is 3.27. The van der Waals surface area contributed by atoms with Crippen LogP contribution < -0.4 is 16.6 Å². The van der Waals surface area contributed by atoms with Gasteiger partial charge in [0, 0.05) is 10.6 Å². The molecule has 0 aliphatic rings. The first-order chi connectivity index (χ1) is 10.2. The van der Waals surface area contributed by atoms with Crippen LogP contribution >= 0.6 is 11.3 Å². The highest BCUT2D eigenvalue weighted by Gasteiger charge is 2.10. The van der Waals surface area contributed by atoms with Gasteiger partial charge in [-0.2, -0.15) is 4.98 Å². The summed E-state index contributed by atoms with van der Waals surface area (Å²) in [6.07, 6.45) is 1.03. The van der Waals surface area contributed by atoms with Crippen molar-refractivity contribution < 1.29 is 0 Å². The lowest BCUT2D eigenvalue weighted by molar-refractivity contribution is 1.14. The number of hydrogen-bond acceptors (Lipinski definition) is 6. The molecule has 2 aromatic heterocycles. The summed E-state index contributed by atoms with van der Waals surface area (Å²) in [5.41, 5.74) is 4.83. The minimum Gasteiger partial charge on any atom is -0.340 e. The number of nitrogens with one attached hydrogen (secondary N) is 2. The molecule has 5 nitrogen and oxygen atoms in total. The first kappa shape index (κ1) is 13.8. The number of rotatable bonds is 4. The topological polar surface area (TPSA) is 75.9 Å². The number of thiophene rings is 1. The van der Waals surface area contributed by atoms with Crippen LogP contribution in [0.15, 0.2) is 30.3 Å². The number of aryl methyl sites for hydroxylation is 2. The van der Waals surface area contributed by atoms with Crippen molar-refractivity contribution in [2.45, 2.75) is 20.3 Å². The number of hydrazine groups is 1. The molecule has 0 saturated heterocycles. The van der Waals surface area contributed by atoms with Gasteiger partial charge in [0.05, 0.1) is 5.39 Å². The van der Waals surface area contributed by atoms with E-state index in [1.165, 1.54) is 10.4 Å². The SMILES string of the molecule is CCc1ccc(Nc2nc(NN)nc3sc(C)cc23)cc1. The monoisotopic (exact) mass is 299 g/mol. The van der Waals surface area contributed by atoms with E-state index in [0.717, 1.165) is 28.1 Å². The minimum atomic E-state index is 0.414. The summed E-state index contributed by atoms with van der Waals surface area (Å²) < 4.78 is 0. The van der Waals surface area contributed by atoms with E-state index in [0.29, 0.717) is 5.95 Å². The number of aromatic nitrogens is 2. The predicted molar refractivity (Wildman–Crippen MR) is 89.1 cm³/mol. The highest BCUT2D eigenvalue weighted by atomic mass is 32.1. The molecule has 1 aromatic carbocycles. The number of nitrogens with zero attached hydrogens (tertiary/aromatic N) is 2. The van der Waals surface area contributed by atoms with Gasteiger partial charge in [0.1, 0.15) is 10.6 Å². The number of anilines is 3. The number of nitrogens with two attached hydrogens (primary N) is 1. The van der Waals surface area contributed by atoms with Gasteiger partial charge >= 0.3 is 0 Å². The molecule has 0 fully saturated rings. The van der Waals surface area contributed by atoms with Gasteiger partial charge in [-0.1, -0.05) is 19.1 Å². The van der Waals surface area contributed by atoms with Crippen LogP contribution in [0.1, 0.15) is 17.4 Å². The highest BCUT2D eigenvalue weighted by molar-refractivity contribution is 7.18. The second-order valence-electron chi connectivity index (χ2n) is 4.79. The van der Waals surface area contributed by atoms with Crippen LogP contribution in [-0.2, 0) is 6.42 Å². The summed E-state index contributed by atoms with van der Waals surface area (Å²) in [7, 11) is 0. The van der Waals surface area contributed by atoms with Gasteiger partial charge in [-0.3, -0.25) is 5.43 Å². The minimum absolute atomic E-state index is 0.414. The molecule has 6 heteroatoms. The van der Waals surface area contributed by atoms with Gasteiger partial charge in [-0.25, -0.2) is 10.8 Å². The molecular weight excluding hydrogens is 282 g/mol. The Bertz CT molecular complexity index is 764. The summed E-state index contributed by atoms with van der Waals surface area (Å²) in [5, 5.41) is 4.36. The van der Waals surface area contributed by atoms with Gasteiger partial charge in [-0.05, 0) is 37.1 Å². The van der Waals surface area contributed by atoms with Crippen LogP contribution in [0.4, 0.5) is 17.5 Å². The quantitative estimate of drug-likeness (QED) is 0.507. The Hall–Kier alpha value is -2.18. The van der Waals surface area contributed by atoms with Crippen molar-refractivity contribution in [1.29, 1.82) is 0 Å². The molecule has 3 rings (SSSR count). The van der Waals surface area contributed by atoms with E-state index in [9.17, 15) is 0 Å². The van der Waals surface area contributed by atoms with E-state index in [4.69, 9.17) is 5.84 Å². The number of hydrogen-bond donors (Lipinski definition) is 3. The molecule has 0 bridgehead atoms. The van der Waals surface area contributed by atoms with E-state index in [1.54, 1.807) is 11.3 Å². The molecule has 2 heterocycles. The lowest BCUT2D eigenvalue weighted by atomic mass is 10.1. The Morgan fingerprint density at radius 1 is 1.19 bits per heavy atom. The van der Waals surface area contributed by atoms with Crippen molar-refractivity contribution in [2.24, 2.45) is 5.84 Å². The fourth-order valence-corrected chi connectivity index (χ4v) is 3.04. The highest BCUT2D eigenvalue weighted by Crippen LogP contribution is 2.31. The molecule has 0 amide bonds. The Labute approximate surface area is 127 Å². The smallest absolute Gasteiger partial charge is 0.240 e. The fourth-order valence-electron chi connectivity index (χ4n) is 2.16. The summed E-state index contributed by atoms with van der Waals surface area (Å²) in [5.74, 6) is 6.63. The van der Waals surface area contributed by atoms with Crippen molar-refractivity contribution in [3.8, 4) is 0 Å². The van der Waals surface area contributed by atoms with Crippen LogP contribution in [-0.4, -0.2) is 9.97 Å². The maximum Gasteiger partial charge on any atom is 0.240 e. The summed E-state index contributed by atoms with van der Waals surface area (Å²) in [4.78, 5) is 10.9. The molecule has 0 saturated carbocycles. The average molecular weight is 299 g/mol. The third-order valence-corrected chi connectivity index (χ3v) is 4.21. The molecule has 0 atom stereocenters. The lowest BCUT2D eigenvalue weighted by Crippen LogP contribution is -2.11. The van der Waals surface area contributed by atoms with Crippen LogP contribution in [0.3, 0.4) is 0 Å². The fraction of sp³-hybridized carbons (Fsp3) is 0.200. The average Bonchev–Trinajstić information content (AvgIpc) is 2.88. The van der Waals surface area contributed by atoms with Gasteiger partial charge in [-0.15, -0.1) is 11.3 Å². The third kappa shape index (κ3) is 2.81. The molecular formula is C15H17N5S. The number of nitrogen functional groups attached to an aromatic ring is 1. The molecule has 0 aliphatic heterocycles. The lowest BCUT2D eigenvalue weighted by Gasteiger charge is -2.09. The summed E-state index contributed by atoms with van der Waals surface area (Å²) in [6.45, 7) is 4.20. The van der Waals surface area contributed by atoms with E-state index < -0.39 is 0 Å². The molecule has 108 valence electrons. The molecule has 0 spiro atoms. The van der Waals surface area contributed by atoms with Crippen LogP contribution in [0.5, 0.6) is 0 Å². The van der Waals surface area contributed by atoms with Gasteiger partial charge < -0.3 is 5.32 Å². The first-order valence-electron chi connectivity index (χ1n) is 6.80. The van der Waals surface area contributed by atoms with E-state index in [1.807, 2.05) is 0 Å². The zero-order valence-corrected chi connectivity index (χ0v) is 12.8. The Morgan fingerprint density at radius 2 is 1.95 bits per heavy atom. The van der Waals surface area contributed by atoms with E-state index in [2.05, 4.69) is 64.9 Å². The number of fused-ring (bicyclic) bond motifs is 1. The molecule has 3 aromatic rings. The molecule has 21 heavy (non-hydrogen) atoms. The van der Waals surface area contributed by atoms with Crippen molar-refractivity contribution >= 4 is 39.0 Å². The largest absolute Gasteiger partial charge is 0.340 e. The Balaban J connectivity index is 2.01. The van der Waals surface area contributed by atoms with Crippen molar-refractivity contribution in [3.63, 3.8) is 0 Å². The summed E-state index contributed by atoms with van der Waals surface area (Å²) >= 11 is 1.63. The Kier molecular flexibility index (Phi) is 3.72. The molecule has 0 unspecified atom stereocenters. The number of benzene rings is 1. The molecule has 4 N–H and O–H groups in total. The normalized spacial score (nSPS) is 10.8. The van der Waals surface area contributed by atoms with Crippen LogP contribution in [0.2, 0.25) is 0 Å².